The van der Waals surface area contributed by atoms with E-state index in [4.69, 9.17) is 4.74 Å². The number of carbonyl (C=O) groups is 3. The van der Waals surface area contributed by atoms with Gasteiger partial charge in [-0.3, -0.25) is 9.59 Å². The van der Waals surface area contributed by atoms with Crippen LogP contribution in [-0.2, 0) is 23.8 Å². The van der Waals surface area contributed by atoms with E-state index >= 15 is 0 Å². The van der Waals surface area contributed by atoms with Crippen molar-refractivity contribution in [2.75, 3.05) is 20.8 Å². The van der Waals surface area contributed by atoms with E-state index in [1.807, 2.05) is 0 Å². The number of rotatable bonds is 7. The lowest BCUT2D eigenvalue weighted by molar-refractivity contribution is -0.143. The number of hydrogen-bond acceptors (Lipinski definition) is 6. The Morgan fingerprint density at radius 3 is 2.22 bits per heavy atom. The Balaban J connectivity index is 4.27. The predicted molar refractivity (Wildman–Crippen MR) is 61.8 cm³/mol. The molecule has 0 unspecified atom stereocenters. The molecule has 18 heavy (non-hydrogen) atoms. The molecular weight excluding hydrogens is 242 g/mol. The zero-order valence-electron chi connectivity index (χ0n) is 10.9. The number of ether oxygens (including phenoxy) is 3. The van der Waals surface area contributed by atoms with Gasteiger partial charge in [0.1, 0.15) is 0 Å². The number of nitrogens with one attached hydrogen (secondary N) is 1. The Hall–Kier alpha value is -1.79. The fraction of sp³-hybridized carbons (Fsp3) is 0.727. The first-order valence-electron chi connectivity index (χ1n) is 5.60. The maximum atomic E-state index is 11.2. The molecule has 0 aromatic rings. The van der Waals surface area contributed by atoms with Crippen LogP contribution in [0.5, 0.6) is 0 Å². The Bertz CT molecular complexity index is 291. The third-order valence-corrected chi connectivity index (χ3v) is 2.16. The molecule has 0 saturated carbocycles. The summed E-state index contributed by atoms with van der Waals surface area (Å²) in [5.41, 5.74) is 0. The standard InChI is InChI=1S/C11H19NO6/c1-4-18-11(15)12-8(7-10(14)17-3)5-6-9(13)16-2/h8H,4-7H2,1-3H3,(H,12,15)/t8-/m1/s1. The van der Waals surface area contributed by atoms with Crippen molar-refractivity contribution in [3.63, 3.8) is 0 Å². The lowest BCUT2D eigenvalue weighted by Gasteiger charge is -2.16. The topological polar surface area (TPSA) is 90.9 Å². The van der Waals surface area contributed by atoms with E-state index < -0.39 is 24.1 Å². The number of carbonyl (C=O) groups excluding carboxylic acids is 3. The second-order valence-electron chi connectivity index (χ2n) is 3.46. The van der Waals surface area contributed by atoms with Crippen LogP contribution in [0.3, 0.4) is 0 Å². The molecule has 0 spiro atoms. The van der Waals surface area contributed by atoms with E-state index in [-0.39, 0.29) is 25.9 Å². The van der Waals surface area contributed by atoms with Gasteiger partial charge in [0.15, 0.2) is 0 Å². The molecule has 1 atom stereocenters. The Morgan fingerprint density at radius 2 is 1.72 bits per heavy atom. The highest BCUT2D eigenvalue weighted by Gasteiger charge is 2.18. The first-order chi connectivity index (χ1) is 8.53. The molecule has 104 valence electrons. The number of hydrogen-bond donors (Lipinski definition) is 1. The van der Waals surface area contributed by atoms with Crippen molar-refractivity contribution < 1.29 is 28.6 Å². The molecule has 0 aliphatic heterocycles. The minimum atomic E-state index is -0.628. The van der Waals surface area contributed by atoms with E-state index in [9.17, 15) is 14.4 Å². The van der Waals surface area contributed by atoms with Gasteiger partial charge in [-0.2, -0.15) is 0 Å². The quantitative estimate of drug-likeness (QED) is 0.533. The van der Waals surface area contributed by atoms with Crippen molar-refractivity contribution in [1.29, 1.82) is 0 Å². The summed E-state index contributed by atoms with van der Waals surface area (Å²) >= 11 is 0. The minimum Gasteiger partial charge on any atom is -0.469 e. The third kappa shape index (κ3) is 7.48. The monoisotopic (exact) mass is 261 g/mol. The summed E-state index contributed by atoms with van der Waals surface area (Å²) in [5, 5.41) is 2.49. The van der Waals surface area contributed by atoms with Gasteiger partial charge in [-0.05, 0) is 13.3 Å². The fourth-order valence-corrected chi connectivity index (χ4v) is 1.24. The largest absolute Gasteiger partial charge is 0.469 e. The van der Waals surface area contributed by atoms with Gasteiger partial charge in [-0.1, -0.05) is 0 Å². The van der Waals surface area contributed by atoms with Crippen molar-refractivity contribution in [3.05, 3.63) is 0 Å². The maximum Gasteiger partial charge on any atom is 0.407 e. The Morgan fingerprint density at radius 1 is 1.11 bits per heavy atom. The second kappa shape index (κ2) is 9.26. The molecule has 0 saturated heterocycles. The molecule has 0 rings (SSSR count). The van der Waals surface area contributed by atoms with Gasteiger partial charge >= 0.3 is 18.0 Å². The second-order valence-corrected chi connectivity index (χ2v) is 3.46. The summed E-state index contributed by atoms with van der Waals surface area (Å²) in [6, 6.07) is -0.518. The van der Waals surface area contributed by atoms with Crippen LogP contribution in [-0.4, -0.2) is 44.9 Å². The zero-order valence-corrected chi connectivity index (χ0v) is 10.9. The van der Waals surface area contributed by atoms with Crippen LogP contribution in [0.2, 0.25) is 0 Å². The first-order valence-corrected chi connectivity index (χ1v) is 5.60. The molecule has 1 N–H and O–H groups in total. The van der Waals surface area contributed by atoms with E-state index in [2.05, 4.69) is 14.8 Å². The summed E-state index contributed by atoms with van der Waals surface area (Å²) < 4.78 is 13.7. The maximum absolute atomic E-state index is 11.2. The number of methoxy groups -OCH3 is 2. The van der Waals surface area contributed by atoms with E-state index in [1.165, 1.54) is 14.2 Å². The van der Waals surface area contributed by atoms with Crippen LogP contribution in [0.25, 0.3) is 0 Å². The van der Waals surface area contributed by atoms with Crippen LogP contribution in [0.15, 0.2) is 0 Å². The molecule has 0 aromatic heterocycles. The lowest BCUT2D eigenvalue weighted by atomic mass is 10.1. The summed E-state index contributed by atoms with van der Waals surface area (Å²) in [6.45, 7) is 1.90. The van der Waals surface area contributed by atoms with Gasteiger partial charge in [0.05, 0.1) is 27.2 Å². The van der Waals surface area contributed by atoms with Gasteiger partial charge in [-0.15, -0.1) is 0 Å². The van der Waals surface area contributed by atoms with Crippen LogP contribution in [0.1, 0.15) is 26.2 Å². The third-order valence-electron chi connectivity index (χ3n) is 2.16. The molecular formula is C11H19NO6. The van der Waals surface area contributed by atoms with Crippen molar-refractivity contribution in [2.45, 2.75) is 32.2 Å². The molecule has 0 bridgehead atoms. The summed E-state index contributed by atoms with van der Waals surface area (Å²) in [7, 11) is 2.53. The number of esters is 2. The van der Waals surface area contributed by atoms with E-state index in [1.54, 1.807) is 6.92 Å². The van der Waals surface area contributed by atoms with Crippen LogP contribution >= 0.6 is 0 Å². The average molecular weight is 261 g/mol. The van der Waals surface area contributed by atoms with Gasteiger partial charge in [0.2, 0.25) is 0 Å². The molecule has 1 amide bonds. The normalized spacial score (nSPS) is 11.3. The summed E-state index contributed by atoms with van der Waals surface area (Å²) in [4.78, 5) is 33.4. The van der Waals surface area contributed by atoms with Crippen molar-refractivity contribution in [1.82, 2.24) is 5.32 Å². The molecule has 0 aliphatic carbocycles. The molecule has 0 aromatic carbocycles. The van der Waals surface area contributed by atoms with Crippen molar-refractivity contribution >= 4 is 18.0 Å². The Labute approximate surface area is 106 Å². The Kier molecular flexibility index (Phi) is 8.34. The smallest absolute Gasteiger partial charge is 0.407 e. The molecule has 7 nitrogen and oxygen atoms in total. The van der Waals surface area contributed by atoms with Gasteiger partial charge in [0, 0.05) is 12.5 Å². The van der Waals surface area contributed by atoms with Gasteiger partial charge < -0.3 is 19.5 Å². The highest BCUT2D eigenvalue weighted by molar-refractivity contribution is 5.73. The van der Waals surface area contributed by atoms with E-state index in [0.29, 0.717) is 0 Å². The molecule has 0 radical (unpaired) electrons. The average Bonchev–Trinajstić information content (AvgIpc) is 2.35. The fourth-order valence-electron chi connectivity index (χ4n) is 1.24. The first kappa shape index (κ1) is 16.2. The van der Waals surface area contributed by atoms with E-state index in [0.717, 1.165) is 0 Å². The lowest BCUT2D eigenvalue weighted by Crippen LogP contribution is -2.37. The molecule has 0 fully saturated rings. The van der Waals surface area contributed by atoms with Crippen molar-refractivity contribution in [2.24, 2.45) is 0 Å². The minimum absolute atomic E-state index is 0.0215. The highest BCUT2D eigenvalue weighted by Crippen LogP contribution is 2.05. The van der Waals surface area contributed by atoms with Crippen LogP contribution < -0.4 is 5.32 Å². The summed E-state index contributed by atoms with van der Waals surface area (Å²) in [6.07, 6.45) is -0.270. The SMILES string of the molecule is CCOC(=O)N[C@H](CCC(=O)OC)CC(=O)OC. The highest BCUT2D eigenvalue weighted by atomic mass is 16.5. The number of alkyl carbamates (subject to hydrolysis) is 1. The zero-order chi connectivity index (χ0) is 14.0. The number of amides is 1. The van der Waals surface area contributed by atoms with Crippen LogP contribution in [0.4, 0.5) is 4.79 Å². The van der Waals surface area contributed by atoms with Crippen molar-refractivity contribution in [3.8, 4) is 0 Å². The van der Waals surface area contributed by atoms with Crippen LogP contribution in [0, 0.1) is 0 Å². The van der Waals surface area contributed by atoms with Gasteiger partial charge in [0.25, 0.3) is 0 Å². The molecule has 0 aliphatic rings. The summed E-state index contributed by atoms with van der Waals surface area (Å²) in [5.74, 6) is -0.878. The molecule has 7 heteroatoms. The van der Waals surface area contributed by atoms with Gasteiger partial charge in [-0.25, -0.2) is 4.79 Å². The predicted octanol–water partition coefficient (Wildman–Crippen LogP) is 0.617. The molecule has 0 heterocycles.